The van der Waals surface area contributed by atoms with Gasteiger partial charge in [-0.15, -0.1) is 0 Å². The molecule has 0 heterocycles. The fourth-order valence-electron chi connectivity index (χ4n) is 2.55. The van der Waals surface area contributed by atoms with Crippen molar-refractivity contribution in [3.05, 3.63) is 88.4 Å². The van der Waals surface area contributed by atoms with Crippen LogP contribution in [0.15, 0.2) is 72.8 Å². The summed E-state index contributed by atoms with van der Waals surface area (Å²) < 4.78 is 0. The first-order valence-corrected chi connectivity index (χ1v) is 8.77. The number of ketones is 1. The molecule has 0 amide bonds. The second-order valence-corrected chi connectivity index (χ2v) is 6.49. The fourth-order valence-corrected chi connectivity index (χ4v) is 2.85. The van der Waals surface area contributed by atoms with Crippen molar-refractivity contribution < 1.29 is 4.79 Å². The van der Waals surface area contributed by atoms with Crippen LogP contribution in [0, 0.1) is 0 Å². The van der Waals surface area contributed by atoms with E-state index in [4.69, 9.17) is 23.2 Å². The molecule has 2 nitrogen and oxygen atoms in total. The molecule has 126 valence electrons. The standard InChI is InChI=1S/C21H17Cl2NO/c22-19-11-10-18(14-20(19)23)24-13-12-21(25)17-8-6-16(7-9-17)15-4-2-1-3-5-15/h1-11,14,24H,12-13H2. The molecule has 0 radical (unpaired) electrons. The zero-order chi connectivity index (χ0) is 17.6. The summed E-state index contributed by atoms with van der Waals surface area (Å²) in [7, 11) is 0. The lowest BCUT2D eigenvalue weighted by atomic mass is 10.0. The monoisotopic (exact) mass is 369 g/mol. The van der Waals surface area contributed by atoms with E-state index in [1.165, 1.54) is 0 Å². The van der Waals surface area contributed by atoms with Crippen LogP contribution in [0.25, 0.3) is 11.1 Å². The topological polar surface area (TPSA) is 29.1 Å². The van der Waals surface area contributed by atoms with E-state index >= 15 is 0 Å². The van der Waals surface area contributed by atoms with Crippen LogP contribution in [0.1, 0.15) is 16.8 Å². The number of hydrogen-bond acceptors (Lipinski definition) is 2. The predicted molar refractivity (Wildman–Crippen MR) is 106 cm³/mol. The highest BCUT2D eigenvalue weighted by atomic mass is 35.5. The third-order valence-corrected chi connectivity index (χ3v) is 4.65. The molecule has 0 spiro atoms. The molecule has 3 aromatic carbocycles. The Morgan fingerprint density at radius 1 is 0.800 bits per heavy atom. The zero-order valence-electron chi connectivity index (χ0n) is 13.5. The van der Waals surface area contributed by atoms with Gasteiger partial charge in [0.25, 0.3) is 0 Å². The number of halogens is 2. The van der Waals surface area contributed by atoms with Crippen molar-refractivity contribution in [2.45, 2.75) is 6.42 Å². The summed E-state index contributed by atoms with van der Waals surface area (Å²) >= 11 is 11.9. The van der Waals surface area contributed by atoms with Gasteiger partial charge in [0.2, 0.25) is 0 Å². The maximum Gasteiger partial charge on any atom is 0.164 e. The number of carbonyl (C=O) groups is 1. The molecule has 0 unspecified atom stereocenters. The Morgan fingerprint density at radius 3 is 2.16 bits per heavy atom. The van der Waals surface area contributed by atoms with Crippen molar-refractivity contribution in [3.8, 4) is 11.1 Å². The van der Waals surface area contributed by atoms with Crippen molar-refractivity contribution in [2.24, 2.45) is 0 Å². The maximum atomic E-state index is 12.3. The molecule has 0 bridgehead atoms. The van der Waals surface area contributed by atoms with Crippen LogP contribution in [0.2, 0.25) is 10.0 Å². The molecule has 1 N–H and O–H groups in total. The van der Waals surface area contributed by atoms with Gasteiger partial charge >= 0.3 is 0 Å². The van der Waals surface area contributed by atoms with Crippen LogP contribution < -0.4 is 5.32 Å². The molecule has 4 heteroatoms. The Bertz CT molecular complexity index is 861. The summed E-state index contributed by atoms with van der Waals surface area (Å²) in [5, 5.41) is 4.20. The summed E-state index contributed by atoms with van der Waals surface area (Å²) in [6, 6.07) is 23.1. The van der Waals surface area contributed by atoms with E-state index in [2.05, 4.69) is 17.4 Å². The van der Waals surface area contributed by atoms with Gasteiger partial charge in [-0.25, -0.2) is 0 Å². The number of hydrogen-bond donors (Lipinski definition) is 1. The van der Waals surface area contributed by atoms with E-state index in [9.17, 15) is 4.79 Å². The first-order chi connectivity index (χ1) is 12.1. The minimum atomic E-state index is 0.104. The number of nitrogens with one attached hydrogen (secondary N) is 1. The SMILES string of the molecule is O=C(CCNc1ccc(Cl)c(Cl)c1)c1ccc(-c2ccccc2)cc1. The van der Waals surface area contributed by atoms with Crippen LogP contribution >= 0.6 is 23.2 Å². The number of rotatable bonds is 6. The number of carbonyl (C=O) groups excluding carboxylic acids is 1. The molecule has 0 saturated carbocycles. The Kier molecular flexibility index (Phi) is 5.75. The predicted octanol–water partition coefficient (Wildman–Crippen LogP) is 6.35. The van der Waals surface area contributed by atoms with E-state index in [0.717, 1.165) is 22.4 Å². The van der Waals surface area contributed by atoms with E-state index in [1.54, 1.807) is 12.1 Å². The number of anilines is 1. The van der Waals surface area contributed by atoms with Crippen molar-refractivity contribution in [1.29, 1.82) is 0 Å². The maximum absolute atomic E-state index is 12.3. The molecule has 0 aromatic heterocycles. The molecule has 3 aromatic rings. The van der Waals surface area contributed by atoms with Crippen molar-refractivity contribution in [1.82, 2.24) is 0 Å². The minimum Gasteiger partial charge on any atom is -0.385 e. The van der Waals surface area contributed by atoms with E-state index in [-0.39, 0.29) is 5.78 Å². The second kappa shape index (κ2) is 8.19. The lowest BCUT2D eigenvalue weighted by molar-refractivity contribution is 0.0986. The summed E-state index contributed by atoms with van der Waals surface area (Å²) in [6.07, 6.45) is 0.408. The average Bonchev–Trinajstić information content (AvgIpc) is 2.65. The van der Waals surface area contributed by atoms with Gasteiger partial charge in [0.05, 0.1) is 10.0 Å². The van der Waals surface area contributed by atoms with Crippen LogP contribution in [0.5, 0.6) is 0 Å². The van der Waals surface area contributed by atoms with Crippen molar-refractivity contribution in [2.75, 3.05) is 11.9 Å². The van der Waals surface area contributed by atoms with Crippen molar-refractivity contribution in [3.63, 3.8) is 0 Å². The van der Waals surface area contributed by atoms with Gasteiger partial charge in [0.15, 0.2) is 5.78 Å². The van der Waals surface area contributed by atoms with Crippen LogP contribution in [0.4, 0.5) is 5.69 Å². The summed E-state index contributed by atoms with van der Waals surface area (Å²) in [5.74, 6) is 0.104. The van der Waals surface area contributed by atoms with Gasteiger partial charge in [-0.1, -0.05) is 77.8 Å². The van der Waals surface area contributed by atoms with Crippen molar-refractivity contribution >= 4 is 34.7 Å². The molecule has 0 fully saturated rings. The van der Waals surface area contributed by atoms with Gasteiger partial charge < -0.3 is 5.32 Å². The lowest BCUT2D eigenvalue weighted by Crippen LogP contribution is -2.08. The zero-order valence-corrected chi connectivity index (χ0v) is 15.0. The normalized spacial score (nSPS) is 10.5. The molecule has 0 aliphatic carbocycles. The molecular formula is C21H17Cl2NO. The highest BCUT2D eigenvalue weighted by Gasteiger charge is 2.07. The average molecular weight is 370 g/mol. The summed E-state index contributed by atoms with van der Waals surface area (Å²) in [5.41, 5.74) is 3.81. The summed E-state index contributed by atoms with van der Waals surface area (Å²) in [4.78, 5) is 12.3. The molecule has 0 aliphatic heterocycles. The number of benzene rings is 3. The minimum absolute atomic E-state index is 0.104. The van der Waals surface area contributed by atoms with Crippen LogP contribution in [0.3, 0.4) is 0 Å². The first kappa shape index (κ1) is 17.5. The molecule has 0 aliphatic rings. The van der Waals surface area contributed by atoms with E-state index < -0.39 is 0 Å². The highest BCUT2D eigenvalue weighted by molar-refractivity contribution is 6.42. The van der Waals surface area contributed by atoms with E-state index in [1.807, 2.05) is 48.5 Å². The molecule has 3 rings (SSSR count). The van der Waals surface area contributed by atoms with E-state index in [0.29, 0.717) is 23.0 Å². The van der Waals surface area contributed by atoms with Gasteiger partial charge in [-0.05, 0) is 29.3 Å². The highest BCUT2D eigenvalue weighted by Crippen LogP contribution is 2.25. The van der Waals surface area contributed by atoms with Gasteiger partial charge in [-0.2, -0.15) is 0 Å². The van der Waals surface area contributed by atoms with Crippen LogP contribution in [-0.2, 0) is 0 Å². The largest absolute Gasteiger partial charge is 0.385 e. The van der Waals surface area contributed by atoms with Gasteiger partial charge in [-0.3, -0.25) is 4.79 Å². The molecule has 0 atom stereocenters. The first-order valence-electron chi connectivity index (χ1n) is 8.01. The smallest absolute Gasteiger partial charge is 0.164 e. The van der Waals surface area contributed by atoms with Crippen LogP contribution in [-0.4, -0.2) is 12.3 Å². The Balaban J connectivity index is 1.57. The van der Waals surface area contributed by atoms with Gasteiger partial charge in [0.1, 0.15) is 0 Å². The Hall–Kier alpha value is -2.29. The summed E-state index contributed by atoms with van der Waals surface area (Å²) in [6.45, 7) is 0.539. The third kappa shape index (κ3) is 4.62. The Morgan fingerprint density at radius 2 is 1.48 bits per heavy atom. The third-order valence-electron chi connectivity index (χ3n) is 3.91. The lowest BCUT2D eigenvalue weighted by Gasteiger charge is -2.08. The Labute approximate surface area is 157 Å². The van der Waals surface area contributed by atoms with Gasteiger partial charge in [0, 0.05) is 24.2 Å². The molecule has 25 heavy (non-hydrogen) atoms. The second-order valence-electron chi connectivity index (χ2n) is 5.67. The fraction of sp³-hybridized carbons (Fsp3) is 0.0952. The quantitative estimate of drug-likeness (QED) is 0.513. The molecule has 0 saturated heterocycles. The number of Topliss-reactive ketones (excluding diaryl/α,β-unsaturated/α-hetero) is 1. The molecular weight excluding hydrogens is 353 g/mol.